The van der Waals surface area contributed by atoms with Gasteiger partial charge in [-0.3, -0.25) is 14.9 Å². The summed E-state index contributed by atoms with van der Waals surface area (Å²) >= 11 is 8.66. The number of benzene rings is 2. The molecule has 0 heterocycles. The molecule has 7 nitrogen and oxygen atoms in total. The second kappa shape index (κ2) is 12.4. The number of halogens is 1. The molecule has 2 rings (SSSR count). The van der Waals surface area contributed by atoms with E-state index in [0.717, 1.165) is 4.47 Å². The van der Waals surface area contributed by atoms with Crippen molar-refractivity contribution in [2.75, 3.05) is 38.7 Å². The standard InChI is InChI=1S/C22H26BrN3O4S/c1-4-26(5-2)21(28)15-7-6-8-17(13-15)24-22(31)25-20(27)18-14-16(23)9-10-19(18)30-12-11-29-3/h6-10,13-14H,4-5,11-12H2,1-3H3,(H2,24,25,27,31). The minimum absolute atomic E-state index is 0.0596. The summed E-state index contributed by atoms with van der Waals surface area (Å²) in [6.07, 6.45) is 0. The van der Waals surface area contributed by atoms with Crippen LogP contribution >= 0.6 is 28.1 Å². The van der Waals surface area contributed by atoms with Crippen LogP contribution in [0.15, 0.2) is 46.9 Å². The molecule has 0 aliphatic carbocycles. The lowest BCUT2D eigenvalue weighted by atomic mass is 10.1. The normalized spacial score (nSPS) is 10.3. The van der Waals surface area contributed by atoms with E-state index in [1.54, 1.807) is 54.5 Å². The summed E-state index contributed by atoms with van der Waals surface area (Å²) in [5, 5.41) is 5.72. The molecule has 0 unspecified atom stereocenters. The van der Waals surface area contributed by atoms with Crippen molar-refractivity contribution in [2.45, 2.75) is 13.8 Å². The third-order valence-electron chi connectivity index (χ3n) is 4.38. The predicted octanol–water partition coefficient (Wildman–Crippen LogP) is 4.08. The average Bonchev–Trinajstić information content (AvgIpc) is 2.75. The Labute approximate surface area is 196 Å². The second-order valence-corrected chi connectivity index (χ2v) is 7.77. The number of hydrogen-bond acceptors (Lipinski definition) is 5. The molecule has 31 heavy (non-hydrogen) atoms. The first kappa shape index (κ1) is 24.8. The van der Waals surface area contributed by atoms with Gasteiger partial charge in [0, 0.05) is 35.9 Å². The summed E-state index contributed by atoms with van der Waals surface area (Å²) < 4.78 is 11.3. The molecule has 0 aromatic heterocycles. The van der Waals surface area contributed by atoms with Gasteiger partial charge in [-0.15, -0.1) is 0 Å². The smallest absolute Gasteiger partial charge is 0.261 e. The van der Waals surface area contributed by atoms with Crippen LogP contribution in [0.5, 0.6) is 5.75 Å². The number of methoxy groups -OCH3 is 1. The predicted molar refractivity (Wildman–Crippen MR) is 129 cm³/mol. The number of nitrogens with zero attached hydrogens (tertiary/aromatic N) is 1. The van der Waals surface area contributed by atoms with Gasteiger partial charge in [0.05, 0.1) is 12.2 Å². The molecule has 0 saturated carbocycles. The fourth-order valence-electron chi connectivity index (χ4n) is 2.80. The number of anilines is 1. The van der Waals surface area contributed by atoms with Crippen molar-refractivity contribution < 1.29 is 19.1 Å². The molecule has 0 bridgehead atoms. The maximum Gasteiger partial charge on any atom is 0.261 e. The molecule has 2 N–H and O–H groups in total. The number of nitrogens with one attached hydrogen (secondary N) is 2. The number of rotatable bonds is 9. The molecule has 166 valence electrons. The zero-order valence-electron chi connectivity index (χ0n) is 17.7. The molecular weight excluding hydrogens is 482 g/mol. The Morgan fingerprint density at radius 3 is 2.52 bits per heavy atom. The minimum Gasteiger partial charge on any atom is -0.490 e. The highest BCUT2D eigenvalue weighted by atomic mass is 79.9. The van der Waals surface area contributed by atoms with E-state index >= 15 is 0 Å². The van der Waals surface area contributed by atoms with Crippen molar-refractivity contribution >= 4 is 50.8 Å². The first-order valence-electron chi connectivity index (χ1n) is 9.82. The number of ether oxygens (including phenoxy) is 2. The quantitative estimate of drug-likeness (QED) is 0.393. The van der Waals surface area contributed by atoms with Gasteiger partial charge in [0.25, 0.3) is 11.8 Å². The van der Waals surface area contributed by atoms with E-state index in [1.807, 2.05) is 13.8 Å². The Hall–Kier alpha value is -2.49. The van der Waals surface area contributed by atoms with Gasteiger partial charge in [0.1, 0.15) is 12.4 Å². The number of carbonyl (C=O) groups is 2. The molecule has 0 radical (unpaired) electrons. The Morgan fingerprint density at radius 1 is 1.10 bits per heavy atom. The van der Waals surface area contributed by atoms with Crippen LogP contribution in [0.3, 0.4) is 0 Å². The number of hydrogen-bond donors (Lipinski definition) is 2. The summed E-state index contributed by atoms with van der Waals surface area (Å²) in [7, 11) is 1.58. The fraction of sp³-hybridized carbons (Fsp3) is 0.318. The van der Waals surface area contributed by atoms with Crippen LogP contribution in [0.1, 0.15) is 34.6 Å². The largest absolute Gasteiger partial charge is 0.490 e. The van der Waals surface area contributed by atoms with Gasteiger partial charge in [-0.1, -0.05) is 22.0 Å². The van der Waals surface area contributed by atoms with Crippen molar-refractivity contribution in [3.63, 3.8) is 0 Å². The minimum atomic E-state index is -0.415. The van der Waals surface area contributed by atoms with Crippen LogP contribution in [0, 0.1) is 0 Å². The van der Waals surface area contributed by atoms with E-state index < -0.39 is 5.91 Å². The summed E-state index contributed by atoms with van der Waals surface area (Å²) in [6.45, 7) is 5.84. The maximum atomic E-state index is 12.8. The fourth-order valence-corrected chi connectivity index (χ4v) is 3.37. The molecule has 0 fully saturated rings. The van der Waals surface area contributed by atoms with Gasteiger partial charge < -0.3 is 19.7 Å². The Kier molecular flexibility index (Phi) is 9.90. The molecule has 0 aliphatic rings. The first-order valence-corrected chi connectivity index (χ1v) is 11.0. The lowest BCUT2D eigenvalue weighted by molar-refractivity contribution is 0.0772. The van der Waals surface area contributed by atoms with Gasteiger partial charge in [0.2, 0.25) is 0 Å². The van der Waals surface area contributed by atoms with Crippen molar-refractivity contribution in [3.05, 3.63) is 58.1 Å². The Morgan fingerprint density at radius 2 is 1.84 bits per heavy atom. The zero-order valence-corrected chi connectivity index (χ0v) is 20.1. The van der Waals surface area contributed by atoms with E-state index in [1.165, 1.54) is 0 Å². The molecule has 2 aromatic rings. The molecule has 0 saturated heterocycles. The molecule has 2 amide bonds. The lowest BCUT2D eigenvalue weighted by Crippen LogP contribution is -2.34. The van der Waals surface area contributed by atoms with Gasteiger partial charge in [-0.05, 0) is 62.5 Å². The summed E-state index contributed by atoms with van der Waals surface area (Å²) in [6, 6.07) is 12.1. The third-order valence-corrected chi connectivity index (χ3v) is 5.07. The molecule has 0 atom stereocenters. The van der Waals surface area contributed by atoms with E-state index in [4.69, 9.17) is 21.7 Å². The van der Waals surface area contributed by atoms with Crippen LogP contribution in [-0.2, 0) is 4.74 Å². The highest BCUT2D eigenvalue weighted by Gasteiger charge is 2.16. The highest BCUT2D eigenvalue weighted by molar-refractivity contribution is 9.10. The van der Waals surface area contributed by atoms with Crippen molar-refractivity contribution in [3.8, 4) is 5.75 Å². The van der Waals surface area contributed by atoms with Crippen molar-refractivity contribution in [1.82, 2.24) is 10.2 Å². The van der Waals surface area contributed by atoms with Crippen LogP contribution in [0.25, 0.3) is 0 Å². The van der Waals surface area contributed by atoms with Gasteiger partial charge in [0.15, 0.2) is 5.11 Å². The third kappa shape index (κ3) is 7.30. The number of amides is 2. The summed E-state index contributed by atoms with van der Waals surface area (Å²) in [5.41, 5.74) is 1.48. The molecule has 2 aromatic carbocycles. The Bertz CT molecular complexity index is 935. The van der Waals surface area contributed by atoms with Crippen LogP contribution in [0.2, 0.25) is 0 Å². The second-order valence-electron chi connectivity index (χ2n) is 6.45. The topological polar surface area (TPSA) is 79.9 Å². The van der Waals surface area contributed by atoms with Crippen molar-refractivity contribution in [2.24, 2.45) is 0 Å². The van der Waals surface area contributed by atoms with Crippen LogP contribution in [0.4, 0.5) is 5.69 Å². The summed E-state index contributed by atoms with van der Waals surface area (Å²) in [5.74, 6) is -0.0513. The molecule has 0 spiro atoms. The van der Waals surface area contributed by atoms with E-state index in [9.17, 15) is 9.59 Å². The highest BCUT2D eigenvalue weighted by Crippen LogP contribution is 2.23. The lowest BCUT2D eigenvalue weighted by Gasteiger charge is -2.19. The Balaban J connectivity index is 2.08. The molecule has 0 aliphatic heterocycles. The van der Waals surface area contributed by atoms with E-state index in [0.29, 0.717) is 48.9 Å². The number of carbonyl (C=O) groups excluding carboxylic acids is 2. The zero-order chi connectivity index (χ0) is 22.8. The van der Waals surface area contributed by atoms with Gasteiger partial charge >= 0.3 is 0 Å². The van der Waals surface area contributed by atoms with Crippen LogP contribution in [-0.4, -0.2) is 55.2 Å². The summed E-state index contributed by atoms with van der Waals surface area (Å²) in [4.78, 5) is 27.0. The number of thiocarbonyl (C=S) groups is 1. The monoisotopic (exact) mass is 507 g/mol. The SMILES string of the molecule is CCN(CC)C(=O)c1cccc(NC(=S)NC(=O)c2cc(Br)ccc2OCCOC)c1. The van der Waals surface area contributed by atoms with Crippen LogP contribution < -0.4 is 15.4 Å². The maximum absolute atomic E-state index is 12.8. The van der Waals surface area contributed by atoms with E-state index in [2.05, 4.69) is 26.6 Å². The first-order chi connectivity index (χ1) is 14.9. The molecular formula is C22H26BrN3O4S. The molecule has 9 heteroatoms. The van der Waals surface area contributed by atoms with Crippen molar-refractivity contribution in [1.29, 1.82) is 0 Å². The van der Waals surface area contributed by atoms with E-state index in [-0.39, 0.29) is 11.0 Å². The van der Waals surface area contributed by atoms with Gasteiger partial charge in [-0.2, -0.15) is 0 Å². The van der Waals surface area contributed by atoms with Gasteiger partial charge in [-0.25, -0.2) is 0 Å². The average molecular weight is 508 g/mol.